The molecule has 0 atom stereocenters. The van der Waals surface area contributed by atoms with Crippen LogP contribution in [0.2, 0.25) is 0 Å². The van der Waals surface area contributed by atoms with Crippen LogP contribution in [0.5, 0.6) is 34.5 Å². The molecular weight excluding hydrogens is 1540 g/mol. The first-order valence-electron chi connectivity index (χ1n) is 41.4. The Morgan fingerprint density at radius 3 is 0.573 bits per heavy atom. The molecule has 2 rings (SSSR count). The molecule has 0 aliphatic rings. The van der Waals surface area contributed by atoms with Crippen molar-refractivity contribution in [1.82, 2.24) is 0 Å². The van der Waals surface area contributed by atoms with E-state index >= 15 is 0 Å². The lowest BCUT2D eigenvalue weighted by Gasteiger charge is -2.48. The van der Waals surface area contributed by atoms with Gasteiger partial charge < -0.3 is 152 Å². The van der Waals surface area contributed by atoms with Crippen LogP contribution in [-0.2, 0) is 138 Å². The van der Waals surface area contributed by atoms with Gasteiger partial charge in [0, 0.05) is 107 Å². The van der Waals surface area contributed by atoms with Crippen molar-refractivity contribution in [3.05, 3.63) is 59.7 Å². The average molecular weight is 1690 g/mol. The second kappa shape index (κ2) is 52.9. The largest absolute Gasteiger partial charge is 0.480 e. The van der Waals surface area contributed by atoms with Gasteiger partial charge in [0.15, 0.2) is 36.2 Å². The van der Waals surface area contributed by atoms with E-state index in [1.807, 2.05) is 0 Å². The maximum atomic E-state index is 13.9. The van der Waals surface area contributed by atoms with Crippen molar-refractivity contribution < 1.29 is 161 Å². The molecule has 34 nitrogen and oxygen atoms in total. The zero-order chi connectivity index (χ0) is 88.3. The van der Waals surface area contributed by atoms with E-state index in [1.54, 1.807) is 192 Å². The summed E-state index contributed by atoms with van der Waals surface area (Å²) in [6.07, 6.45) is 0. The minimum atomic E-state index is -2.75. The van der Waals surface area contributed by atoms with Gasteiger partial charge in [0.25, 0.3) is 0 Å². The summed E-state index contributed by atoms with van der Waals surface area (Å²) in [5.74, 6) is -29.8. The number of hydrogen-bond donors (Lipinski definition) is 0. The zero-order valence-corrected chi connectivity index (χ0v) is 75.5. The summed E-state index contributed by atoms with van der Waals surface area (Å²) >= 11 is 0. The number of carbonyl (C=O) groups excluding carboxylic acids is 2. The van der Waals surface area contributed by atoms with E-state index in [9.17, 15) is 9.59 Å². The average Bonchev–Trinajstić information content (AvgIpc) is 0.722. The highest BCUT2D eigenvalue weighted by Gasteiger charge is 2.69. The van der Waals surface area contributed by atoms with E-state index in [1.165, 1.54) is 26.0 Å². The molecular formula is C83H144O34. The lowest BCUT2D eigenvalue weighted by molar-refractivity contribution is -0.546. The van der Waals surface area contributed by atoms with Crippen LogP contribution in [0.3, 0.4) is 0 Å². The van der Waals surface area contributed by atoms with Crippen molar-refractivity contribution in [2.75, 3.05) is 172 Å². The third-order valence-corrected chi connectivity index (χ3v) is 16.1. The van der Waals surface area contributed by atoms with Gasteiger partial charge in [0.2, 0.25) is 11.5 Å². The number of esters is 2. The lowest BCUT2D eigenvalue weighted by atomic mass is 9.76. The standard InChI is InChI=1S/C83H144O34/c1-31-88-74(89-32-2,116-71(84)61(25)26)59-86-65-57-55-63(67(112-80(104-47-17,105-48-18)76(92-35-5,93-36-6)94-37-7)69(65)114-82(108-51-21,109-52-22)78(98-41-11,99-42-12)100-43-13)73(29,30)64-56-58-66(87-60-75(90-33-3,91-34-4)117-72(85)62(27)28)70(115-83(110-53-23,111-54-24)79(101-44-14,102-45-15)103-46-16)68(64)113-81(106-49-19,107-50-20)77(95-38-8,96-39-9)97-40-10/h55-58H,25,27,31-54,59-60H2,1-24,26,28-30H3. The monoisotopic (exact) mass is 1680 g/mol. The number of hydrogen-bond acceptors (Lipinski definition) is 34. The molecule has 2 aromatic carbocycles. The Kier molecular flexibility index (Phi) is 48.7. The molecule has 0 aromatic heterocycles. The molecule has 117 heavy (non-hydrogen) atoms. The second-order valence-corrected chi connectivity index (χ2v) is 24.7. The minimum absolute atomic E-state index is 0.00511. The Bertz CT molecular complexity index is 2840. The predicted molar refractivity (Wildman–Crippen MR) is 427 cm³/mol. The van der Waals surface area contributed by atoms with Gasteiger partial charge >= 0.3 is 71.7 Å². The molecule has 0 aliphatic carbocycles. The summed E-state index contributed by atoms with van der Waals surface area (Å²) in [7, 11) is 0. The Hall–Kier alpha value is -5.30. The molecule has 0 saturated heterocycles. The molecule has 680 valence electrons. The minimum Gasteiger partial charge on any atom is -0.480 e. The van der Waals surface area contributed by atoms with E-state index in [0.717, 1.165) is 0 Å². The van der Waals surface area contributed by atoms with Gasteiger partial charge in [-0.3, -0.25) is 0 Å². The van der Waals surface area contributed by atoms with Crippen LogP contribution >= 0.6 is 0 Å². The van der Waals surface area contributed by atoms with Crippen LogP contribution in [-0.4, -0.2) is 243 Å². The molecule has 0 bridgehead atoms. The van der Waals surface area contributed by atoms with Gasteiger partial charge in [-0.1, -0.05) is 39.1 Å². The predicted octanol–water partition coefficient (Wildman–Crippen LogP) is 13.9. The number of ether oxygens (including phenoxy) is 32. The fraction of sp³-hybridized carbons (Fsp3) is 0.783. The highest BCUT2D eigenvalue weighted by molar-refractivity contribution is 5.87. The van der Waals surface area contributed by atoms with E-state index in [4.69, 9.17) is 152 Å². The Morgan fingerprint density at radius 1 is 0.248 bits per heavy atom. The lowest BCUT2D eigenvalue weighted by Crippen LogP contribution is -2.67. The van der Waals surface area contributed by atoms with Crippen LogP contribution in [0.4, 0.5) is 0 Å². The van der Waals surface area contributed by atoms with E-state index < -0.39 is 113 Å². The maximum absolute atomic E-state index is 13.9. The first-order chi connectivity index (χ1) is 55.9. The fourth-order valence-electron chi connectivity index (χ4n) is 12.2. The van der Waals surface area contributed by atoms with Crippen LogP contribution in [0.25, 0.3) is 0 Å². The zero-order valence-electron chi connectivity index (χ0n) is 75.5. The van der Waals surface area contributed by atoms with Gasteiger partial charge in [-0.05, 0) is 192 Å². The Labute approximate surface area is 695 Å². The highest BCUT2D eigenvalue weighted by atomic mass is 17.0. The van der Waals surface area contributed by atoms with Gasteiger partial charge in [-0.2, -0.15) is 0 Å². The normalized spacial score (nSPS) is 13.1. The Balaban J connectivity index is 4.56. The smallest absolute Gasteiger partial charge is 0.415 e. The van der Waals surface area contributed by atoms with Crippen molar-refractivity contribution >= 4 is 11.9 Å². The molecule has 0 radical (unpaired) electrons. The van der Waals surface area contributed by atoms with Gasteiger partial charge in [-0.25, -0.2) is 9.59 Å². The topological polar surface area (TPSA) is 330 Å². The first-order valence-corrected chi connectivity index (χ1v) is 41.4. The molecule has 0 fully saturated rings. The van der Waals surface area contributed by atoms with Gasteiger partial charge in [-0.15, -0.1) is 0 Å². The van der Waals surface area contributed by atoms with Crippen molar-refractivity contribution in [3.63, 3.8) is 0 Å². The quantitative estimate of drug-likeness (QED) is 0.0337. The van der Waals surface area contributed by atoms with Gasteiger partial charge in [0.05, 0.1) is 79.3 Å². The van der Waals surface area contributed by atoms with E-state index in [0.29, 0.717) is 0 Å². The number of benzene rings is 2. The van der Waals surface area contributed by atoms with Crippen LogP contribution < -0.4 is 28.4 Å². The van der Waals surface area contributed by atoms with Crippen molar-refractivity contribution in [3.8, 4) is 34.5 Å². The first kappa shape index (κ1) is 108. The highest BCUT2D eigenvalue weighted by Crippen LogP contribution is 2.58. The molecule has 0 N–H and O–H groups in total. The van der Waals surface area contributed by atoms with Crippen molar-refractivity contribution in [2.24, 2.45) is 0 Å². The van der Waals surface area contributed by atoms with Crippen LogP contribution in [0, 0.1) is 0 Å². The summed E-state index contributed by atoms with van der Waals surface area (Å²) in [5, 5.41) is 0. The maximum Gasteiger partial charge on any atom is 0.415 e. The molecule has 2 aromatic rings. The summed E-state index contributed by atoms with van der Waals surface area (Å²) in [5.41, 5.74) is -1.85. The fourth-order valence-corrected chi connectivity index (χ4v) is 12.2. The van der Waals surface area contributed by atoms with E-state index in [2.05, 4.69) is 13.2 Å². The molecule has 0 aliphatic heterocycles. The Morgan fingerprint density at radius 2 is 0.410 bits per heavy atom. The second-order valence-electron chi connectivity index (χ2n) is 24.7. The van der Waals surface area contributed by atoms with Crippen molar-refractivity contribution in [1.29, 1.82) is 0 Å². The molecule has 0 amide bonds. The van der Waals surface area contributed by atoms with E-state index in [-0.39, 0.29) is 192 Å². The summed E-state index contributed by atoms with van der Waals surface area (Å²) in [6.45, 7) is 49.7. The van der Waals surface area contributed by atoms with Crippen LogP contribution in [0.15, 0.2) is 48.6 Å². The third kappa shape index (κ3) is 26.4. The SMILES string of the molecule is C=C(C)C(=O)OC(COc1ccc(C(C)(C)c2ccc(OCC(OCC)(OCC)OC(=O)C(=C)C)c(OC(OCC)(OCC)C(OCC)(OCC)OCC)c2OC(OCC)(OCC)C(OCC)(OCC)OCC)c(OC(OCC)(OCC)C(OCC)(OCC)OCC)c1OC(OCC)(OCC)C(OCC)(OCC)OCC)(OCC)OCC. The van der Waals surface area contributed by atoms with Crippen LogP contribution in [0.1, 0.15) is 205 Å². The number of rotatable bonds is 72. The summed E-state index contributed by atoms with van der Waals surface area (Å²) in [6, 6.07) is 6.18. The van der Waals surface area contributed by atoms with Gasteiger partial charge in [0.1, 0.15) is 0 Å². The molecule has 0 saturated carbocycles. The number of carbonyl (C=O) groups is 2. The molecule has 34 heteroatoms. The molecule has 0 unspecified atom stereocenters. The summed E-state index contributed by atoms with van der Waals surface area (Å²) in [4.78, 5) is 27.8. The molecule has 0 heterocycles. The summed E-state index contributed by atoms with van der Waals surface area (Å²) < 4.78 is 217. The van der Waals surface area contributed by atoms with Crippen molar-refractivity contribution in [2.45, 2.75) is 259 Å². The third-order valence-electron chi connectivity index (χ3n) is 16.1. The molecule has 0 spiro atoms.